The van der Waals surface area contributed by atoms with Crippen molar-refractivity contribution in [3.8, 4) is 5.88 Å². The van der Waals surface area contributed by atoms with Crippen molar-refractivity contribution in [2.24, 2.45) is 0 Å². The van der Waals surface area contributed by atoms with Crippen LogP contribution in [-0.4, -0.2) is 53.8 Å². The molecule has 5 rings (SSSR count). The van der Waals surface area contributed by atoms with E-state index in [1.165, 1.54) is 11.3 Å². The topological polar surface area (TPSA) is 110 Å². The molecule has 4 heterocycles. The molecule has 0 fully saturated rings. The fourth-order valence-corrected chi connectivity index (χ4v) is 4.76. The van der Waals surface area contributed by atoms with Gasteiger partial charge in [0.25, 0.3) is 5.91 Å². The summed E-state index contributed by atoms with van der Waals surface area (Å²) in [6.07, 6.45) is 0. The first-order valence-corrected chi connectivity index (χ1v) is 11.2. The van der Waals surface area contributed by atoms with Crippen LogP contribution >= 0.6 is 11.3 Å². The van der Waals surface area contributed by atoms with Crippen LogP contribution in [0.2, 0.25) is 0 Å². The Bertz CT molecular complexity index is 1360. The molecular weight excluding hydrogens is 447 g/mol. The number of carbonyl (C=O) groups is 1. The van der Waals surface area contributed by atoms with Gasteiger partial charge in [0.15, 0.2) is 0 Å². The van der Waals surface area contributed by atoms with Crippen LogP contribution in [0.3, 0.4) is 0 Å². The molecule has 1 atom stereocenters. The van der Waals surface area contributed by atoms with E-state index in [1.54, 1.807) is 13.2 Å². The normalized spacial score (nSPS) is 15.6. The Morgan fingerprint density at radius 1 is 1.21 bits per heavy atom. The lowest BCUT2D eigenvalue weighted by Crippen LogP contribution is -2.34. The number of benzene rings is 1. The molecule has 0 unspecified atom stereocenters. The Balaban J connectivity index is 1.48. The SMILES string of the molecule is COCCOc1cc(F)nc(Nc2ccc3c(ccc4sc5c(c43)NC[C@H](C)NC5=O)n2)n1. The minimum absolute atomic E-state index is 0.0330. The molecule has 3 N–H and O–H groups in total. The number of aromatic nitrogens is 3. The molecular formula is C22H21FN6O3S. The first kappa shape index (κ1) is 21.3. The van der Waals surface area contributed by atoms with Crippen molar-refractivity contribution in [1.29, 1.82) is 0 Å². The molecule has 0 aliphatic carbocycles. The van der Waals surface area contributed by atoms with Gasteiger partial charge in [-0.1, -0.05) is 0 Å². The Labute approximate surface area is 192 Å². The van der Waals surface area contributed by atoms with Crippen molar-refractivity contribution >= 4 is 55.7 Å². The lowest BCUT2D eigenvalue weighted by molar-refractivity contribution is 0.0949. The number of nitrogens with zero attached hydrogens (tertiary/aromatic N) is 3. The van der Waals surface area contributed by atoms with E-state index in [9.17, 15) is 9.18 Å². The molecule has 33 heavy (non-hydrogen) atoms. The van der Waals surface area contributed by atoms with Crippen LogP contribution in [0.5, 0.6) is 5.88 Å². The zero-order chi connectivity index (χ0) is 22.9. The van der Waals surface area contributed by atoms with E-state index >= 15 is 0 Å². The number of ether oxygens (including phenoxy) is 2. The number of hydrogen-bond acceptors (Lipinski definition) is 9. The number of methoxy groups -OCH3 is 1. The van der Waals surface area contributed by atoms with Crippen molar-refractivity contribution in [3.63, 3.8) is 0 Å². The Morgan fingerprint density at radius 2 is 2.09 bits per heavy atom. The second kappa shape index (κ2) is 8.75. The minimum atomic E-state index is -0.720. The van der Waals surface area contributed by atoms with E-state index in [-0.39, 0.29) is 30.4 Å². The predicted molar refractivity (Wildman–Crippen MR) is 125 cm³/mol. The molecule has 0 radical (unpaired) electrons. The highest BCUT2D eigenvalue weighted by atomic mass is 32.1. The maximum absolute atomic E-state index is 13.9. The number of hydrogen-bond donors (Lipinski definition) is 3. The summed E-state index contributed by atoms with van der Waals surface area (Å²) >= 11 is 1.45. The first-order chi connectivity index (χ1) is 16.0. The van der Waals surface area contributed by atoms with Gasteiger partial charge in [-0.3, -0.25) is 4.79 Å². The maximum atomic E-state index is 13.9. The highest BCUT2D eigenvalue weighted by molar-refractivity contribution is 7.21. The molecule has 0 saturated heterocycles. The number of anilines is 3. The summed E-state index contributed by atoms with van der Waals surface area (Å²) < 4.78 is 25.2. The van der Waals surface area contributed by atoms with Gasteiger partial charge in [-0.15, -0.1) is 11.3 Å². The van der Waals surface area contributed by atoms with Crippen LogP contribution in [-0.2, 0) is 4.74 Å². The lowest BCUT2D eigenvalue weighted by Gasteiger charge is -2.10. The molecule has 1 aromatic carbocycles. The Morgan fingerprint density at radius 3 is 2.94 bits per heavy atom. The third kappa shape index (κ3) is 4.24. The van der Waals surface area contributed by atoms with E-state index < -0.39 is 5.95 Å². The number of rotatable bonds is 6. The van der Waals surface area contributed by atoms with Crippen molar-refractivity contribution in [2.75, 3.05) is 37.5 Å². The van der Waals surface area contributed by atoms with Gasteiger partial charge in [-0.2, -0.15) is 14.4 Å². The summed E-state index contributed by atoms with van der Waals surface area (Å²) in [6.45, 7) is 3.20. The van der Waals surface area contributed by atoms with Crippen LogP contribution in [0.25, 0.3) is 21.0 Å². The third-order valence-corrected chi connectivity index (χ3v) is 6.29. The van der Waals surface area contributed by atoms with Gasteiger partial charge in [-0.25, -0.2) is 4.98 Å². The zero-order valence-electron chi connectivity index (χ0n) is 17.9. The van der Waals surface area contributed by atoms with Crippen molar-refractivity contribution < 1.29 is 18.7 Å². The van der Waals surface area contributed by atoms with Crippen molar-refractivity contribution in [3.05, 3.63) is 41.2 Å². The molecule has 1 aliphatic heterocycles. The van der Waals surface area contributed by atoms with Gasteiger partial charge in [0.2, 0.25) is 17.8 Å². The molecule has 11 heteroatoms. The molecule has 3 aromatic heterocycles. The number of amides is 1. The standard InChI is InChI=1S/C22H21FN6O3S/c1-11-10-24-19-18-12-3-6-16(26-13(12)4-5-14(18)33-20(19)21(30)25-11)28-22-27-15(23)9-17(29-22)32-8-7-31-2/h3-6,9,11,24H,7-8,10H2,1-2H3,(H,25,30)(H,26,27,28,29)/t11-/m0/s1. The van der Waals surface area contributed by atoms with Crippen LogP contribution < -0.4 is 20.7 Å². The van der Waals surface area contributed by atoms with Crippen LogP contribution in [0, 0.1) is 5.95 Å². The summed E-state index contributed by atoms with van der Waals surface area (Å²) in [5.41, 5.74) is 1.55. The minimum Gasteiger partial charge on any atom is -0.475 e. The molecule has 4 aromatic rings. The van der Waals surface area contributed by atoms with Gasteiger partial charge in [0, 0.05) is 35.2 Å². The summed E-state index contributed by atoms with van der Waals surface area (Å²) in [5, 5.41) is 11.2. The van der Waals surface area contributed by atoms with E-state index in [0.717, 1.165) is 32.7 Å². The molecule has 0 spiro atoms. The largest absolute Gasteiger partial charge is 0.475 e. The monoisotopic (exact) mass is 468 g/mol. The average molecular weight is 469 g/mol. The average Bonchev–Trinajstić information content (AvgIpc) is 3.10. The molecule has 1 amide bonds. The second-order valence-electron chi connectivity index (χ2n) is 7.58. The number of fused-ring (bicyclic) bond motifs is 5. The molecule has 1 aliphatic rings. The number of thiophene rings is 1. The molecule has 9 nitrogen and oxygen atoms in total. The highest BCUT2D eigenvalue weighted by Crippen LogP contribution is 2.41. The van der Waals surface area contributed by atoms with E-state index in [1.807, 2.05) is 25.1 Å². The lowest BCUT2D eigenvalue weighted by atomic mass is 10.1. The quantitative estimate of drug-likeness (QED) is 0.290. The van der Waals surface area contributed by atoms with E-state index in [4.69, 9.17) is 9.47 Å². The number of carbonyl (C=O) groups excluding carboxylic acids is 1. The molecule has 170 valence electrons. The van der Waals surface area contributed by atoms with Crippen LogP contribution in [0.1, 0.15) is 16.6 Å². The van der Waals surface area contributed by atoms with Crippen LogP contribution in [0.4, 0.5) is 21.8 Å². The van der Waals surface area contributed by atoms with Crippen molar-refractivity contribution in [1.82, 2.24) is 20.3 Å². The summed E-state index contributed by atoms with van der Waals surface area (Å²) in [4.78, 5) is 25.8. The fraction of sp³-hybridized carbons (Fsp3) is 0.273. The van der Waals surface area contributed by atoms with Gasteiger partial charge in [-0.05, 0) is 31.2 Å². The van der Waals surface area contributed by atoms with Gasteiger partial charge >= 0.3 is 0 Å². The molecule has 0 saturated carbocycles. The van der Waals surface area contributed by atoms with E-state index in [2.05, 4.69) is 30.9 Å². The maximum Gasteiger partial charge on any atom is 0.263 e. The summed E-state index contributed by atoms with van der Waals surface area (Å²) in [7, 11) is 1.55. The fourth-order valence-electron chi connectivity index (χ4n) is 3.67. The summed E-state index contributed by atoms with van der Waals surface area (Å²) in [6, 6.07) is 8.68. The highest BCUT2D eigenvalue weighted by Gasteiger charge is 2.24. The first-order valence-electron chi connectivity index (χ1n) is 10.4. The number of halogens is 1. The second-order valence-corrected chi connectivity index (χ2v) is 8.63. The smallest absolute Gasteiger partial charge is 0.263 e. The zero-order valence-corrected chi connectivity index (χ0v) is 18.8. The predicted octanol–water partition coefficient (Wildman–Crippen LogP) is 3.69. The van der Waals surface area contributed by atoms with Gasteiger partial charge in [0.05, 0.1) is 23.9 Å². The van der Waals surface area contributed by atoms with Gasteiger partial charge < -0.3 is 25.4 Å². The van der Waals surface area contributed by atoms with Crippen molar-refractivity contribution in [2.45, 2.75) is 13.0 Å². The number of pyridine rings is 1. The Hall–Kier alpha value is -3.57. The molecule has 0 bridgehead atoms. The Kier molecular flexibility index (Phi) is 5.65. The van der Waals surface area contributed by atoms with Gasteiger partial charge in [0.1, 0.15) is 17.3 Å². The summed E-state index contributed by atoms with van der Waals surface area (Å²) in [5.74, 6) is -0.205. The van der Waals surface area contributed by atoms with Crippen LogP contribution in [0.15, 0.2) is 30.3 Å². The third-order valence-electron chi connectivity index (χ3n) is 5.14. The number of nitrogens with one attached hydrogen (secondary N) is 3. The van der Waals surface area contributed by atoms with E-state index in [0.29, 0.717) is 23.8 Å².